The van der Waals surface area contributed by atoms with Gasteiger partial charge in [0.25, 0.3) is 5.91 Å². The van der Waals surface area contributed by atoms with Crippen molar-refractivity contribution in [3.05, 3.63) is 23.8 Å². The molecule has 1 saturated heterocycles. The van der Waals surface area contributed by atoms with Crippen molar-refractivity contribution in [3.8, 4) is 11.5 Å². The molecular formula is C17H21NO3. The Hall–Kier alpha value is -1.71. The smallest absolute Gasteiger partial charge is 0.254 e. The Morgan fingerprint density at radius 2 is 1.86 bits per heavy atom. The summed E-state index contributed by atoms with van der Waals surface area (Å²) in [7, 11) is 0. The van der Waals surface area contributed by atoms with Gasteiger partial charge in [-0.15, -0.1) is 0 Å². The van der Waals surface area contributed by atoms with Crippen LogP contribution in [-0.2, 0) is 0 Å². The maximum Gasteiger partial charge on any atom is 0.254 e. The van der Waals surface area contributed by atoms with E-state index < -0.39 is 0 Å². The Kier molecular flexibility index (Phi) is 3.24. The number of carbonyl (C=O) groups excluding carboxylic acids is 1. The zero-order chi connectivity index (χ0) is 14.2. The predicted octanol–water partition coefficient (Wildman–Crippen LogP) is 3.07. The molecule has 0 aromatic heterocycles. The van der Waals surface area contributed by atoms with Crippen LogP contribution in [0, 0.1) is 11.8 Å². The highest BCUT2D eigenvalue weighted by Crippen LogP contribution is 2.37. The second-order valence-electron chi connectivity index (χ2n) is 6.41. The number of ether oxygens (including phenoxy) is 2. The summed E-state index contributed by atoms with van der Waals surface area (Å²) < 4.78 is 10.7. The van der Waals surface area contributed by atoms with Crippen molar-refractivity contribution in [1.29, 1.82) is 0 Å². The lowest BCUT2D eigenvalue weighted by Crippen LogP contribution is -2.44. The summed E-state index contributed by atoms with van der Waals surface area (Å²) >= 11 is 0. The van der Waals surface area contributed by atoms with Gasteiger partial charge in [0.1, 0.15) is 0 Å². The lowest BCUT2D eigenvalue weighted by Gasteiger charge is -2.41. The lowest BCUT2D eigenvalue weighted by molar-refractivity contribution is 0.0520. The van der Waals surface area contributed by atoms with Gasteiger partial charge in [-0.05, 0) is 42.9 Å². The highest BCUT2D eigenvalue weighted by molar-refractivity contribution is 5.95. The van der Waals surface area contributed by atoms with Gasteiger partial charge in [0, 0.05) is 18.7 Å². The molecule has 4 rings (SSSR count). The molecule has 0 unspecified atom stereocenters. The third-order valence-electron chi connectivity index (χ3n) is 5.20. The number of nitrogens with zero attached hydrogens (tertiary/aromatic N) is 1. The van der Waals surface area contributed by atoms with Crippen LogP contribution in [0.15, 0.2) is 18.2 Å². The fourth-order valence-electron chi connectivity index (χ4n) is 4.00. The minimum atomic E-state index is 0.136. The van der Waals surface area contributed by atoms with Gasteiger partial charge in [-0.2, -0.15) is 0 Å². The first kappa shape index (κ1) is 13.0. The Labute approximate surface area is 125 Å². The Balaban J connectivity index is 1.49. The topological polar surface area (TPSA) is 38.8 Å². The third kappa shape index (κ3) is 2.37. The van der Waals surface area contributed by atoms with Crippen LogP contribution in [0.25, 0.3) is 0 Å². The number of amides is 1. The maximum atomic E-state index is 12.7. The van der Waals surface area contributed by atoms with E-state index in [1.807, 2.05) is 23.1 Å². The number of likely N-dealkylation sites (tertiary alicyclic amines) is 1. The number of rotatable bonds is 1. The zero-order valence-corrected chi connectivity index (χ0v) is 12.2. The van der Waals surface area contributed by atoms with Crippen molar-refractivity contribution >= 4 is 5.91 Å². The van der Waals surface area contributed by atoms with Crippen LogP contribution in [0.4, 0.5) is 0 Å². The standard InChI is InChI=1S/C17H21NO3/c19-17(13-5-6-15-16(9-13)21-11-20-15)18-8-7-12-3-1-2-4-14(12)10-18/h5-6,9,12,14H,1-4,7-8,10-11H2/t12-,14-/m0/s1. The van der Waals surface area contributed by atoms with Gasteiger partial charge in [-0.3, -0.25) is 4.79 Å². The molecule has 1 aromatic carbocycles. The fourth-order valence-corrected chi connectivity index (χ4v) is 4.00. The average molecular weight is 287 g/mol. The van der Waals surface area contributed by atoms with Crippen LogP contribution in [0.2, 0.25) is 0 Å². The maximum absolute atomic E-state index is 12.7. The van der Waals surface area contributed by atoms with E-state index >= 15 is 0 Å². The van der Waals surface area contributed by atoms with E-state index in [1.165, 1.54) is 32.1 Å². The largest absolute Gasteiger partial charge is 0.454 e. The normalized spacial score (nSPS) is 27.3. The van der Waals surface area contributed by atoms with Crippen molar-refractivity contribution in [2.45, 2.75) is 32.1 Å². The summed E-state index contributed by atoms with van der Waals surface area (Å²) in [5.74, 6) is 3.12. The minimum Gasteiger partial charge on any atom is -0.454 e. The summed E-state index contributed by atoms with van der Waals surface area (Å²) in [6.45, 7) is 2.08. The van der Waals surface area contributed by atoms with E-state index in [0.29, 0.717) is 17.2 Å². The highest BCUT2D eigenvalue weighted by Gasteiger charge is 2.33. The SMILES string of the molecule is O=C(c1ccc2c(c1)OCO2)N1CC[C@@H]2CCCC[C@H]2C1. The van der Waals surface area contributed by atoms with E-state index in [2.05, 4.69) is 0 Å². The molecule has 2 heterocycles. The summed E-state index contributed by atoms with van der Waals surface area (Å²) in [5, 5.41) is 0. The Morgan fingerprint density at radius 1 is 1.05 bits per heavy atom. The van der Waals surface area contributed by atoms with Gasteiger partial charge >= 0.3 is 0 Å². The minimum absolute atomic E-state index is 0.136. The average Bonchev–Trinajstić information content (AvgIpc) is 3.01. The first-order valence-corrected chi connectivity index (χ1v) is 8.00. The molecule has 1 aliphatic carbocycles. The molecule has 1 amide bonds. The number of benzene rings is 1. The highest BCUT2D eigenvalue weighted by atomic mass is 16.7. The van der Waals surface area contributed by atoms with E-state index in [4.69, 9.17) is 9.47 Å². The van der Waals surface area contributed by atoms with Crippen LogP contribution in [0.5, 0.6) is 11.5 Å². The molecule has 2 fully saturated rings. The van der Waals surface area contributed by atoms with E-state index in [1.54, 1.807) is 0 Å². The summed E-state index contributed by atoms with van der Waals surface area (Å²) in [4.78, 5) is 14.7. The molecule has 0 bridgehead atoms. The molecule has 112 valence electrons. The lowest BCUT2D eigenvalue weighted by atomic mass is 9.75. The molecule has 0 spiro atoms. The summed E-state index contributed by atoms with van der Waals surface area (Å²) in [6.07, 6.45) is 6.51. The molecule has 3 aliphatic rings. The molecule has 0 N–H and O–H groups in total. The Morgan fingerprint density at radius 3 is 2.76 bits per heavy atom. The second kappa shape index (κ2) is 5.24. The molecule has 0 radical (unpaired) electrons. The zero-order valence-electron chi connectivity index (χ0n) is 12.2. The van der Waals surface area contributed by atoms with Crippen LogP contribution in [0.1, 0.15) is 42.5 Å². The van der Waals surface area contributed by atoms with Gasteiger partial charge in [0.2, 0.25) is 6.79 Å². The van der Waals surface area contributed by atoms with Gasteiger partial charge in [0.05, 0.1) is 0 Å². The van der Waals surface area contributed by atoms with Crippen molar-refractivity contribution in [1.82, 2.24) is 4.90 Å². The van der Waals surface area contributed by atoms with Crippen molar-refractivity contribution < 1.29 is 14.3 Å². The third-order valence-corrected chi connectivity index (χ3v) is 5.20. The monoisotopic (exact) mass is 287 g/mol. The number of hydrogen-bond acceptors (Lipinski definition) is 3. The van der Waals surface area contributed by atoms with Gasteiger partial charge < -0.3 is 14.4 Å². The van der Waals surface area contributed by atoms with E-state index in [-0.39, 0.29) is 12.7 Å². The van der Waals surface area contributed by atoms with Crippen LogP contribution >= 0.6 is 0 Å². The second-order valence-corrected chi connectivity index (χ2v) is 6.41. The van der Waals surface area contributed by atoms with Gasteiger partial charge in [-0.1, -0.05) is 19.3 Å². The van der Waals surface area contributed by atoms with Crippen molar-refractivity contribution in [3.63, 3.8) is 0 Å². The molecule has 21 heavy (non-hydrogen) atoms. The predicted molar refractivity (Wildman–Crippen MR) is 78.5 cm³/mol. The number of hydrogen-bond donors (Lipinski definition) is 0. The number of fused-ring (bicyclic) bond motifs is 2. The quantitative estimate of drug-likeness (QED) is 0.797. The molecular weight excluding hydrogens is 266 g/mol. The first-order chi connectivity index (χ1) is 10.3. The summed E-state index contributed by atoms with van der Waals surface area (Å²) in [5.41, 5.74) is 0.716. The molecule has 4 heteroatoms. The molecule has 1 aromatic rings. The van der Waals surface area contributed by atoms with Crippen LogP contribution in [-0.4, -0.2) is 30.7 Å². The molecule has 4 nitrogen and oxygen atoms in total. The summed E-state index contributed by atoms with van der Waals surface area (Å²) in [6, 6.07) is 5.50. The number of piperidine rings is 1. The molecule has 2 aliphatic heterocycles. The van der Waals surface area contributed by atoms with Crippen molar-refractivity contribution in [2.75, 3.05) is 19.9 Å². The fraction of sp³-hybridized carbons (Fsp3) is 0.588. The number of carbonyl (C=O) groups is 1. The van der Waals surface area contributed by atoms with Crippen LogP contribution < -0.4 is 9.47 Å². The first-order valence-electron chi connectivity index (χ1n) is 8.00. The van der Waals surface area contributed by atoms with Gasteiger partial charge in [-0.25, -0.2) is 0 Å². The van der Waals surface area contributed by atoms with Crippen molar-refractivity contribution in [2.24, 2.45) is 11.8 Å². The Bertz CT molecular complexity index is 557. The van der Waals surface area contributed by atoms with E-state index in [9.17, 15) is 4.79 Å². The van der Waals surface area contributed by atoms with Gasteiger partial charge in [0.15, 0.2) is 11.5 Å². The molecule has 2 atom stereocenters. The van der Waals surface area contributed by atoms with E-state index in [0.717, 1.165) is 24.8 Å². The van der Waals surface area contributed by atoms with Crippen LogP contribution in [0.3, 0.4) is 0 Å². The molecule has 1 saturated carbocycles.